The molecule has 0 radical (unpaired) electrons. The van der Waals surface area contributed by atoms with Gasteiger partial charge in [-0.3, -0.25) is 20.3 Å². The molecule has 1 N–H and O–H groups in total. The minimum Gasteiger partial charge on any atom is -0.466 e. The Balaban J connectivity index is 1.80. The van der Waals surface area contributed by atoms with Gasteiger partial charge in [0.1, 0.15) is 6.33 Å². The van der Waals surface area contributed by atoms with E-state index in [1.165, 1.54) is 6.33 Å². The zero-order chi connectivity index (χ0) is 20.1. The van der Waals surface area contributed by atoms with E-state index in [4.69, 9.17) is 4.74 Å². The van der Waals surface area contributed by atoms with Crippen LogP contribution in [0.2, 0.25) is 0 Å². The molecule has 1 unspecified atom stereocenters. The largest absolute Gasteiger partial charge is 0.466 e. The maximum absolute atomic E-state index is 12.1. The predicted molar refractivity (Wildman–Crippen MR) is 103 cm³/mol. The molecule has 1 aromatic heterocycles. The van der Waals surface area contributed by atoms with Crippen molar-refractivity contribution >= 4 is 23.3 Å². The average molecular weight is 393 g/mol. The lowest BCUT2D eigenvalue weighted by atomic mass is 9.98. The summed E-state index contributed by atoms with van der Waals surface area (Å²) in [5.41, 5.74) is 2.92. The number of nitro groups is 1. The van der Waals surface area contributed by atoms with Gasteiger partial charge in [-0.15, -0.1) is 0 Å². The van der Waals surface area contributed by atoms with Gasteiger partial charge in [-0.05, 0) is 26.8 Å². The fourth-order valence-electron chi connectivity index (χ4n) is 3.54. The van der Waals surface area contributed by atoms with Crippen molar-refractivity contribution in [1.82, 2.24) is 19.9 Å². The molecule has 0 aromatic carbocycles. The summed E-state index contributed by atoms with van der Waals surface area (Å²) in [5, 5.41) is 13.8. The van der Waals surface area contributed by atoms with Gasteiger partial charge in [0.15, 0.2) is 0 Å². The summed E-state index contributed by atoms with van der Waals surface area (Å²) in [6.45, 7) is 6.25. The summed E-state index contributed by atoms with van der Waals surface area (Å²) in [5.74, 6) is -0.152. The molecular formula is C17H27N7O4. The minimum atomic E-state index is -0.457. The van der Waals surface area contributed by atoms with Crippen molar-refractivity contribution in [3.63, 3.8) is 0 Å². The van der Waals surface area contributed by atoms with E-state index < -0.39 is 4.92 Å². The Bertz CT molecular complexity index is 709. The number of rotatable bonds is 6. The van der Waals surface area contributed by atoms with Crippen molar-refractivity contribution in [2.45, 2.75) is 19.8 Å². The van der Waals surface area contributed by atoms with Gasteiger partial charge in [0.2, 0.25) is 11.6 Å². The van der Waals surface area contributed by atoms with Crippen LogP contribution in [0.5, 0.6) is 0 Å². The maximum atomic E-state index is 12.1. The first-order chi connectivity index (χ1) is 13.5. The molecule has 0 bridgehead atoms. The van der Waals surface area contributed by atoms with Crippen LogP contribution in [0.4, 0.5) is 17.3 Å². The van der Waals surface area contributed by atoms with Crippen molar-refractivity contribution in [2.75, 3.05) is 63.2 Å². The molecule has 2 aliphatic heterocycles. The average Bonchev–Trinajstić information content (AvgIpc) is 2.69. The lowest BCUT2D eigenvalue weighted by molar-refractivity contribution is -0.383. The van der Waals surface area contributed by atoms with Gasteiger partial charge in [0.25, 0.3) is 0 Å². The van der Waals surface area contributed by atoms with Gasteiger partial charge in [0.05, 0.1) is 17.4 Å². The van der Waals surface area contributed by atoms with Crippen LogP contribution in [-0.4, -0.2) is 83.7 Å². The number of aromatic nitrogens is 2. The highest BCUT2D eigenvalue weighted by atomic mass is 16.6. The standard InChI is InChI=1S/C17H27N7O4/c1-3-28-17(25)13-5-4-6-22(11-13)16-14(24(26)27)15(18-12-19-16)20-23-9-7-21(2)8-10-23/h12-13H,3-11H2,1-2H3,(H,18,19,20). The molecule has 2 fully saturated rings. The Hall–Kier alpha value is -2.53. The Kier molecular flexibility index (Phi) is 6.57. The zero-order valence-corrected chi connectivity index (χ0v) is 16.3. The highest BCUT2D eigenvalue weighted by Crippen LogP contribution is 2.34. The van der Waals surface area contributed by atoms with Crippen LogP contribution in [0, 0.1) is 16.0 Å². The summed E-state index contributed by atoms with van der Waals surface area (Å²) in [6.07, 6.45) is 2.78. The van der Waals surface area contributed by atoms with E-state index in [0.717, 1.165) is 32.6 Å². The van der Waals surface area contributed by atoms with Gasteiger partial charge in [0, 0.05) is 39.3 Å². The quantitative estimate of drug-likeness (QED) is 0.421. The number of ether oxygens (including phenoxy) is 1. The molecule has 0 saturated carbocycles. The Morgan fingerprint density at radius 3 is 2.75 bits per heavy atom. The maximum Gasteiger partial charge on any atom is 0.354 e. The number of carbonyl (C=O) groups excluding carboxylic acids is 1. The van der Waals surface area contributed by atoms with E-state index in [9.17, 15) is 14.9 Å². The van der Waals surface area contributed by atoms with Crippen LogP contribution in [0.3, 0.4) is 0 Å². The van der Waals surface area contributed by atoms with Crippen LogP contribution >= 0.6 is 0 Å². The van der Waals surface area contributed by atoms with Crippen molar-refractivity contribution in [1.29, 1.82) is 0 Å². The predicted octanol–water partition coefficient (Wildman–Crippen LogP) is 0.739. The Labute approximate surface area is 163 Å². The van der Waals surface area contributed by atoms with Gasteiger partial charge in [-0.1, -0.05) is 0 Å². The van der Waals surface area contributed by atoms with Crippen molar-refractivity contribution in [3.8, 4) is 0 Å². The monoisotopic (exact) mass is 393 g/mol. The molecule has 28 heavy (non-hydrogen) atoms. The van der Waals surface area contributed by atoms with Gasteiger partial charge in [-0.25, -0.2) is 15.0 Å². The highest BCUT2D eigenvalue weighted by molar-refractivity contribution is 5.75. The first kappa shape index (κ1) is 20.2. The number of hydrogen-bond acceptors (Lipinski definition) is 10. The van der Waals surface area contributed by atoms with Crippen molar-refractivity contribution < 1.29 is 14.5 Å². The van der Waals surface area contributed by atoms with Crippen LogP contribution in [-0.2, 0) is 9.53 Å². The fraction of sp³-hybridized carbons (Fsp3) is 0.706. The molecule has 11 heteroatoms. The first-order valence-electron chi connectivity index (χ1n) is 9.60. The molecule has 0 spiro atoms. The molecule has 2 saturated heterocycles. The molecule has 11 nitrogen and oxygen atoms in total. The number of hydrogen-bond donors (Lipinski definition) is 1. The van der Waals surface area contributed by atoms with Gasteiger partial charge < -0.3 is 14.5 Å². The molecule has 0 amide bonds. The second kappa shape index (κ2) is 9.11. The van der Waals surface area contributed by atoms with Crippen LogP contribution in [0.1, 0.15) is 19.8 Å². The smallest absolute Gasteiger partial charge is 0.354 e. The second-order valence-corrected chi connectivity index (χ2v) is 7.09. The van der Waals surface area contributed by atoms with E-state index in [1.54, 1.807) is 11.8 Å². The highest BCUT2D eigenvalue weighted by Gasteiger charge is 2.33. The number of carbonyl (C=O) groups is 1. The van der Waals surface area contributed by atoms with Crippen LogP contribution < -0.4 is 10.3 Å². The summed E-state index contributed by atoms with van der Waals surface area (Å²) in [7, 11) is 2.04. The van der Waals surface area contributed by atoms with E-state index in [2.05, 4.69) is 20.3 Å². The molecular weight excluding hydrogens is 366 g/mol. The van der Waals surface area contributed by atoms with Gasteiger partial charge >= 0.3 is 11.7 Å². The lowest BCUT2D eigenvalue weighted by Gasteiger charge is -2.33. The summed E-state index contributed by atoms with van der Waals surface area (Å²) in [4.78, 5) is 35.8. The number of piperazine rings is 1. The molecule has 3 rings (SSSR count). The number of likely N-dealkylation sites (N-methyl/N-ethyl adjacent to an activating group) is 1. The van der Waals surface area contributed by atoms with Crippen molar-refractivity contribution in [2.24, 2.45) is 5.92 Å². The van der Waals surface area contributed by atoms with E-state index in [1.807, 2.05) is 12.1 Å². The van der Waals surface area contributed by atoms with E-state index in [-0.39, 0.29) is 29.2 Å². The third-order valence-electron chi connectivity index (χ3n) is 5.09. The fourth-order valence-corrected chi connectivity index (χ4v) is 3.54. The number of hydrazine groups is 1. The first-order valence-corrected chi connectivity index (χ1v) is 9.60. The second-order valence-electron chi connectivity index (χ2n) is 7.09. The molecule has 0 aliphatic carbocycles. The molecule has 3 heterocycles. The SMILES string of the molecule is CCOC(=O)C1CCCN(c2ncnc(NN3CCN(C)CC3)c2[N+](=O)[O-])C1. The van der Waals surface area contributed by atoms with E-state index >= 15 is 0 Å². The number of anilines is 2. The molecule has 2 aliphatic rings. The number of piperidine rings is 1. The number of nitrogens with one attached hydrogen (secondary N) is 1. The van der Waals surface area contributed by atoms with Crippen LogP contribution in [0.25, 0.3) is 0 Å². The third kappa shape index (κ3) is 4.65. The minimum absolute atomic E-state index is 0.161. The van der Waals surface area contributed by atoms with Crippen molar-refractivity contribution in [3.05, 3.63) is 16.4 Å². The topological polar surface area (TPSA) is 117 Å². The van der Waals surface area contributed by atoms with E-state index in [0.29, 0.717) is 26.1 Å². The molecule has 1 aromatic rings. The number of esters is 1. The normalized spacial score (nSPS) is 21.4. The Morgan fingerprint density at radius 2 is 2.07 bits per heavy atom. The molecule has 154 valence electrons. The summed E-state index contributed by atoms with van der Waals surface area (Å²) >= 11 is 0. The van der Waals surface area contributed by atoms with Gasteiger partial charge in [-0.2, -0.15) is 0 Å². The lowest BCUT2D eigenvalue weighted by Crippen LogP contribution is -2.47. The summed E-state index contributed by atoms with van der Waals surface area (Å²) in [6, 6.07) is 0. The zero-order valence-electron chi connectivity index (χ0n) is 16.3. The third-order valence-corrected chi connectivity index (χ3v) is 5.09. The summed E-state index contributed by atoms with van der Waals surface area (Å²) < 4.78 is 5.12. The molecule has 1 atom stereocenters. The number of nitrogens with zero attached hydrogens (tertiary/aromatic N) is 6. The van der Waals surface area contributed by atoms with Crippen LogP contribution in [0.15, 0.2) is 6.33 Å². The Morgan fingerprint density at radius 1 is 1.32 bits per heavy atom.